The van der Waals surface area contributed by atoms with Crippen LogP contribution in [0.25, 0.3) is 0 Å². The van der Waals surface area contributed by atoms with E-state index >= 15 is 0 Å². The molecular formula is C14H18N2O3. The summed E-state index contributed by atoms with van der Waals surface area (Å²) in [5.74, 6) is -0.245. The van der Waals surface area contributed by atoms with E-state index in [9.17, 15) is 4.79 Å². The first-order chi connectivity index (χ1) is 9.20. The van der Waals surface area contributed by atoms with E-state index in [-0.39, 0.29) is 12.1 Å². The van der Waals surface area contributed by atoms with Crippen molar-refractivity contribution in [1.29, 1.82) is 0 Å². The first-order valence-electron chi connectivity index (χ1n) is 6.29. The number of allylic oxidation sites excluding steroid dienone is 1. The minimum atomic E-state index is -0.664. The van der Waals surface area contributed by atoms with Crippen molar-refractivity contribution in [3.63, 3.8) is 0 Å². The van der Waals surface area contributed by atoms with Crippen LogP contribution in [0.2, 0.25) is 0 Å². The molecule has 1 amide bonds. The molecule has 1 heterocycles. The summed E-state index contributed by atoms with van der Waals surface area (Å²) in [7, 11) is 0. The van der Waals surface area contributed by atoms with Gasteiger partial charge in [0.25, 0.3) is 5.91 Å². The van der Waals surface area contributed by atoms with E-state index in [2.05, 4.69) is 17.2 Å². The molecule has 2 N–H and O–H groups in total. The number of rotatable bonds is 4. The molecule has 19 heavy (non-hydrogen) atoms. The Balaban J connectivity index is 1.86. The highest BCUT2D eigenvalue weighted by atomic mass is 17.2. The van der Waals surface area contributed by atoms with Gasteiger partial charge in [-0.1, -0.05) is 43.8 Å². The van der Waals surface area contributed by atoms with Gasteiger partial charge in [0.2, 0.25) is 0 Å². The van der Waals surface area contributed by atoms with E-state index in [1.54, 1.807) is 0 Å². The molecule has 1 aliphatic rings. The highest BCUT2D eigenvalue weighted by Crippen LogP contribution is 2.18. The monoisotopic (exact) mass is 262 g/mol. The highest BCUT2D eigenvalue weighted by Gasteiger charge is 2.28. The summed E-state index contributed by atoms with van der Waals surface area (Å²) in [4.78, 5) is 22.1. The Hall–Kier alpha value is -1.69. The molecule has 2 rings (SSSR count). The predicted molar refractivity (Wildman–Crippen MR) is 70.7 cm³/mol. The van der Waals surface area contributed by atoms with Crippen molar-refractivity contribution in [2.45, 2.75) is 25.7 Å². The molecule has 2 unspecified atom stereocenters. The van der Waals surface area contributed by atoms with Gasteiger partial charge in [-0.25, -0.2) is 9.78 Å². The molecular weight excluding hydrogens is 244 g/mol. The van der Waals surface area contributed by atoms with Crippen molar-refractivity contribution >= 4 is 5.91 Å². The fourth-order valence-corrected chi connectivity index (χ4v) is 1.69. The SMILES string of the molecule is C=C(CC)NC(=O)C1CNC(c2ccccc2)OO1. The Labute approximate surface area is 112 Å². The van der Waals surface area contributed by atoms with Crippen LogP contribution in [0.3, 0.4) is 0 Å². The zero-order chi connectivity index (χ0) is 13.7. The summed E-state index contributed by atoms with van der Waals surface area (Å²) in [6.07, 6.45) is -0.317. The predicted octanol–water partition coefficient (Wildman–Crippen LogP) is 1.65. The highest BCUT2D eigenvalue weighted by molar-refractivity contribution is 5.82. The molecule has 1 saturated heterocycles. The summed E-state index contributed by atoms with van der Waals surface area (Å²) in [5, 5.41) is 5.80. The zero-order valence-corrected chi connectivity index (χ0v) is 10.9. The third kappa shape index (κ3) is 3.64. The summed E-state index contributed by atoms with van der Waals surface area (Å²) in [6, 6.07) is 9.63. The molecule has 0 aliphatic carbocycles. The molecule has 1 aliphatic heterocycles. The van der Waals surface area contributed by atoms with Crippen LogP contribution >= 0.6 is 0 Å². The summed E-state index contributed by atoms with van der Waals surface area (Å²) < 4.78 is 0. The van der Waals surface area contributed by atoms with Gasteiger partial charge in [-0.2, -0.15) is 0 Å². The van der Waals surface area contributed by atoms with E-state index in [0.717, 1.165) is 5.56 Å². The summed E-state index contributed by atoms with van der Waals surface area (Å²) in [5.41, 5.74) is 1.62. The number of benzene rings is 1. The second kappa shape index (κ2) is 6.47. The van der Waals surface area contributed by atoms with Crippen LogP contribution in [0, 0.1) is 0 Å². The van der Waals surface area contributed by atoms with Crippen molar-refractivity contribution in [2.75, 3.05) is 6.54 Å². The lowest BCUT2D eigenvalue weighted by molar-refractivity contribution is -0.371. The minimum Gasteiger partial charge on any atom is -0.328 e. The van der Waals surface area contributed by atoms with Gasteiger partial charge in [0.05, 0.1) is 0 Å². The van der Waals surface area contributed by atoms with Gasteiger partial charge in [-0.05, 0) is 12.0 Å². The first kappa shape index (κ1) is 13.7. The van der Waals surface area contributed by atoms with Gasteiger partial charge in [0.1, 0.15) is 0 Å². The maximum atomic E-state index is 11.8. The summed E-state index contributed by atoms with van der Waals surface area (Å²) >= 11 is 0. The fraction of sp³-hybridized carbons (Fsp3) is 0.357. The van der Waals surface area contributed by atoms with Crippen molar-refractivity contribution < 1.29 is 14.6 Å². The van der Waals surface area contributed by atoms with Crippen molar-refractivity contribution in [3.05, 3.63) is 48.2 Å². The average Bonchev–Trinajstić information content (AvgIpc) is 2.48. The number of carbonyl (C=O) groups excluding carboxylic acids is 1. The standard InChI is InChI=1S/C14H18N2O3/c1-3-10(2)16-13(17)12-9-15-14(19-18-12)11-7-5-4-6-8-11/h4-8,12,14-15H,2-3,9H2,1H3,(H,16,17). The number of nitrogens with one attached hydrogen (secondary N) is 2. The third-order valence-electron chi connectivity index (χ3n) is 2.88. The van der Waals surface area contributed by atoms with E-state index in [1.165, 1.54) is 0 Å². The largest absolute Gasteiger partial charge is 0.328 e. The Morgan fingerprint density at radius 3 is 2.74 bits per heavy atom. The number of amides is 1. The molecule has 0 bridgehead atoms. The number of hydrogen-bond acceptors (Lipinski definition) is 4. The maximum Gasteiger partial charge on any atom is 0.257 e. The molecule has 5 heteroatoms. The first-order valence-corrected chi connectivity index (χ1v) is 6.29. The van der Waals surface area contributed by atoms with Crippen LogP contribution < -0.4 is 10.6 Å². The van der Waals surface area contributed by atoms with E-state index in [1.807, 2.05) is 37.3 Å². The molecule has 0 radical (unpaired) electrons. The Morgan fingerprint density at radius 2 is 2.16 bits per heavy atom. The van der Waals surface area contributed by atoms with Crippen LogP contribution in [0.15, 0.2) is 42.6 Å². The molecule has 2 atom stereocenters. The molecule has 1 aromatic carbocycles. The topological polar surface area (TPSA) is 59.6 Å². The van der Waals surface area contributed by atoms with Crippen molar-refractivity contribution in [1.82, 2.24) is 10.6 Å². The molecule has 0 spiro atoms. The maximum absolute atomic E-state index is 11.8. The average molecular weight is 262 g/mol. The lowest BCUT2D eigenvalue weighted by atomic mass is 10.2. The van der Waals surface area contributed by atoms with Gasteiger partial charge in [0, 0.05) is 12.2 Å². The second-order valence-corrected chi connectivity index (χ2v) is 4.33. The van der Waals surface area contributed by atoms with Crippen LogP contribution in [0.5, 0.6) is 0 Å². The minimum absolute atomic E-state index is 0.245. The van der Waals surface area contributed by atoms with Gasteiger partial charge in [-0.15, -0.1) is 0 Å². The fourth-order valence-electron chi connectivity index (χ4n) is 1.69. The van der Waals surface area contributed by atoms with E-state index < -0.39 is 6.10 Å². The van der Waals surface area contributed by atoms with Crippen molar-refractivity contribution in [2.24, 2.45) is 0 Å². The third-order valence-corrected chi connectivity index (χ3v) is 2.88. The van der Waals surface area contributed by atoms with E-state index in [4.69, 9.17) is 9.78 Å². The second-order valence-electron chi connectivity index (χ2n) is 4.33. The molecule has 102 valence electrons. The van der Waals surface area contributed by atoms with Gasteiger partial charge >= 0.3 is 0 Å². The van der Waals surface area contributed by atoms with Crippen LogP contribution in [0.1, 0.15) is 25.1 Å². The molecule has 5 nitrogen and oxygen atoms in total. The lowest BCUT2D eigenvalue weighted by Crippen LogP contribution is -2.47. The zero-order valence-electron chi connectivity index (χ0n) is 10.9. The molecule has 1 aromatic rings. The normalized spacial score (nSPS) is 22.8. The van der Waals surface area contributed by atoms with Crippen LogP contribution in [-0.4, -0.2) is 18.6 Å². The Kier molecular flexibility index (Phi) is 4.68. The van der Waals surface area contributed by atoms with Crippen LogP contribution in [0.4, 0.5) is 0 Å². The quantitative estimate of drug-likeness (QED) is 0.810. The van der Waals surface area contributed by atoms with Gasteiger partial charge in [0.15, 0.2) is 12.3 Å². The van der Waals surface area contributed by atoms with Gasteiger partial charge < -0.3 is 5.32 Å². The van der Waals surface area contributed by atoms with E-state index in [0.29, 0.717) is 18.7 Å². The number of hydrogen-bond donors (Lipinski definition) is 2. The molecule has 0 saturated carbocycles. The molecule has 0 aromatic heterocycles. The van der Waals surface area contributed by atoms with Crippen LogP contribution in [-0.2, 0) is 14.6 Å². The Morgan fingerprint density at radius 1 is 1.42 bits per heavy atom. The van der Waals surface area contributed by atoms with Crippen molar-refractivity contribution in [3.8, 4) is 0 Å². The summed E-state index contributed by atoms with van der Waals surface area (Å²) in [6.45, 7) is 6.03. The Bertz CT molecular complexity index is 439. The number of carbonyl (C=O) groups is 1. The van der Waals surface area contributed by atoms with Gasteiger partial charge in [-0.3, -0.25) is 10.1 Å². The lowest BCUT2D eigenvalue weighted by Gasteiger charge is -2.28. The smallest absolute Gasteiger partial charge is 0.257 e. The molecule has 1 fully saturated rings.